The molecule has 142 valence electrons. The molecule has 0 aliphatic carbocycles. The molecule has 4 rings (SSSR count). The van der Waals surface area contributed by atoms with Crippen molar-refractivity contribution in [3.63, 3.8) is 0 Å². The van der Waals surface area contributed by atoms with Crippen LogP contribution >= 0.6 is 0 Å². The molecule has 2 unspecified atom stereocenters. The maximum Gasteiger partial charge on any atom is 0.324 e. The van der Waals surface area contributed by atoms with Gasteiger partial charge in [0.2, 0.25) is 5.88 Å². The van der Waals surface area contributed by atoms with Crippen molar-refractivity contribution in [3.05, 3.63) is 30.4 Å². The van der Waals surface area contributed by atoms with Gasteiger partial charge in [-0.15, -0.1) is 0 Å². The number of nitrogens with zero attached hydrogens (tertiary/aromatic N) is 5. The number of H-pyrrole nitrogens is 1. The number of aromatic nitrogens is 4. The van der Waals surface area contributed by atoms with E-state index in [1.807, 2.05) is 31.1 Å². The molecule has 0 bridgehead atoms. The summed E-state index contributed by atoms with van der Waals surface area (Å²) in [6, 6.07) is 3.66. The topological polar surface area (TPSA) is 103 Å². The van der Waals surface area contributed by atoms with Gasteiger partial charge in [0.25, 0.3) is 0 Å². The van der Waals surface area contributed by atoms with Crippen LogP contribution < -0.4 is 10.2 Å². The van der Waals surface area contributed by atoms with E-state index in [0.717, 1.165) is 29.0 Å². The van der Waals surface area contributed by atoms with E-state index in [1.165, 1.54) is 0 Å². The average Bonchev–Trinajstić information content (AvgIpc) is 3.30. The van der Waals surface area contributed by atoms with Gasteiger partial charge in [-0.1, -0.05) is 12.1 Å². The van der Waals surface area contributed by atoms with Gasteiger partial charge < -0.3 is 19.3 Å². The zero-order chi connectivity index (χ0) is 19.0. The Bertz CT molecular complexity index is 950. The largest absolute Gasteiger partial charge is 0.354 e. The first-order valence-electron chi connectivity index (χ1n) is 9.03. The summed E-state index contributed by atoms with van der Waals surface area (Å²) in [4.78, 5) is 28.5. The minimum Gasteiger partial charge on any atom is -0.354 e. The molecule has 2 N–H and O–H groups in total. The van der Waals surface area contributed by atoms with Crippen molar-refractivity contribution < 1.29 is 9.32 Å². The number of likely N-dealkylation sites (N-methyl/N-ethyl adjacent to an activating group) is 1. The van der Waals surface area contributed by atoms with Gasteiger partial charge in [-0.25, -0.2) is 14.8 Å². The summed E-state index contributed by atoms with van der Waals surface area (Å²) in [6.45, 7) is 5.34. The van der Waals surface area contributed by atoms with Crippen LogP contribution in [0, 0.1) is 12.8 Å². The first-order valence-corrected chi connectivity index (χ1v) is 9.03. The summed E-state index contributed by atoms with van der Waals surface area (Å²) in [7, 11) is 2.02. The average molecular weight is 369 g/mol. The van der Waals surface area contributed by atoms with Gasteiger partial charge in [0, 0.05) is 32.4 Å². The number of carbonyl (C=O) groups is 1. The van der Waals surface area contributed by atoms with Crippen LogP contribution in [0.3, 0.4) is 0 Å². The van der Waals surface area contributed by atoms with Crippen LogP contribution in [-0.4, -0.2) is 57.2 Å². The Kier molecular flexibility index (Phi) is 4.43. The molecule has 0 radical (unpaired) electrons. The minimum atomic E-state index is -0.175. The highest BCUT2D eigenvalue weighted by Crippen LogP contribution is 2.28. The lowest BCUT2D eigenvalue weighted by Crippen LogP contribution is -2.53. The van der Waals surface area contributed by atoms with E-state index < -0.39 is 0 Å². The highest BCUT2D eigenvalue weighted by Gasteiger charge is 2.33. The van der Waals surface area contributed by atoms with Crippen LogP contribution in [0.15, 0.2) is 29.2 Å². The molecule has 1 saturated heterocycles. The molecule has 27 heavy (non-hydrogen) atoms. The Morgan fingerprint density at radius 3 is 3.07 bits per heavy atom. The maximum atomic E-state index is 12.6. The summed E-state index contributed by atoms with van der Waals surface area (Å²) in [5.74, 6) is 1.66. The second kappa shape index (κ2) is 6.90. The fraction of sp³-hybridized carbons (Fsp3) is 0.444. The third-order valence-electron chi connectivity index (χ3n) is 5.23. The molecule has 9 heteroatoms. The molecule has 1 aliphatic heterocycles. The first kappa shape index (κ1) is 17.3. The van der Waals surface area contributed by atoms with Crippen molar-refractivity contribution in [1.29, 1.82) is 0 Å². The predicted octanol–water partition coefficient (Wildman–Crippen LogP) is 2.63. The molecule has 4 heterocycles. The van der Waals surface area contributed by atoms with E-state index in [1.54, 1.807) is 12.4 Å². The third-order valence-corrected chi connectivity index (χ3v) is 5.23. The number of urea groups is 1. The number of aromatic amines is 1. The maximum absolute atomic E-state index is 12.6. The second-order valence-electron chi connectivity index (χ2n) is 7.09. The van der Waals surface area contributed by atoms with Crippen molar-refractivity contribution in [3.8, 4) is 0 Å². The Morgan fingerprint density at radius 2 is 2.30 bits per heavy atom. The molecule has 1 fully saturated rings. The number of rotatable bonds is 3. The predicted molar refractivity (Wildman–Crippen MR) is 102 cm³/mol. The Labute approximate surface area is 156 Å². The Hall–Kier alpha value is -3.10. The molecule has 3 aromatic heterocycles. The lowest BCUT2D eigenvalue weighted by atomic mass is 9.92. The van der Waals surface area contributed by atoms with E-state index >= 15 is 0 Å². The number of hydrogen-bond donors (Lipinski definition) is 2. The fourth-order valence-corrected chi connectivity index (χ4v) is 3.64. The number of aryl methyl sites for hydroxylation is 1. The lowest BCUT2D eigenvalue weighted by molar-refractivity contribution is 0.171. The van der Waals surface area contributed by atoms with Gasteiger partial charge in [0.1, 0.15) is 17.8 Å². The summed E-state index contributed by atoms with van der Waals surface area (Å²) in [5.41, 5.74) is 1.54. The summed E-state index contributed by atoms with van der Waals surface area (Å²) in [6.07, 6.45) is 4.34. The number of likely N-dealkylation sites (tertiary alicyclic amines) is 1. The molecule has 0 saturated carbocycles. The standard InChI is InChI=1S/C18H23N7O2/c1-11-5-7-25(18(26)22-15-8-12(2)23-27-15)9-14(11)24(3)17-13-4-6-19-16(13)20-10-21-17/h4,6,8,10-11,14H,5,7,9H2,1-3H3,(H,22,26)(H,19,20,21). The van der Waals surface area contributed by atoms with E-state index in [2.05, 4.69) is 37.2 Å². The van der Waals surface area contributed by atoms with Crippen LogP contribution in [0.4, 0.5) is 16.5 Å². The van der Waals surface area contributed by atoms with Gasteiger partial charge in [-0.3, -0.25) is 5.32 Å². The van der Waals surface area contributed by atoms with E-state index in [9.17, 15) is 4.79 Å². The molecule has 1 aliphatic rings. The first-order chi connectivity index (χ1) is 13.0. The highest BCUT2D eigenvalue weighted by atomic mass is 16.5. The van der Waals surface area contributed by atoms with E-state index in [0.29, 0.717) is 24.9 Å². The molecular weight excluding hydrogens is 346 g/mol. The van der Waals surface area contributed by atoms with Crippen LogP contribution in [0.25, 0.3) is 11.0 Å². The Morgan fingerprint density at radius 1 is 1.44 bits per heavy atom. The molecule has 0 aromatic carbocycles. The van der Waals surface area contributed by atoms with Crippen LogP contribution in [0.2, 0.25) is 0 Å². The van der Waals surface area contributed by atoms with Crippen molar-refractivity contribution >= 4 is 28.8 Å². The zero-order valence-electron chi connectivity index (χ0n) is 15.6. The number of hydrogen-bond acceptors (Lipinski definition) is 6. The van der Waals surface area contributed by atoms with Crippen molar-refractivity contribution in [2.45, 2.75) is 26.3 Å². The normalized spacial score (nSPS) is 20.0. The lowest BCUT2D eigenvalue weighted by Gasteiger charge is -2.42. The zero-order valence-corrected chi connectivity index (χ0v) is 15.6. The SMILES string of the molecule is Cc1cc(NC(=O)N2CCC(C)C(N(C)c3ncnc4[nH]ccc34)C2)on1. The molecule has 0 spiro atoms. The quantitative estimate of drug-likeness (QED) is 0.736. The summed E-state index contributed by atoms with van der Waals surface area (Å²) < 4.78 is 5.09. The van der Waals surface area contributed by atoms with Crippen molar-refractivity contribution in [2.24, 2.45) is 5.92 Å². The van der Waals surface area contributed by atoms with Crippen LogP contribution in [-0.2, 0) is 0 Å². The monoisotopic (exact) mass is 369 g/mol. The molecule has 3 aromatic rings. The third kappa shape index (κ3) is 3.32. The van der Waals surface area contributed by atoms with Gasteiger partial charge in [-0.2, -0.15) is 0 Å². The molecule has 9 nitrogen and oxygen atoms in total. The van der Waals surface area contributed by atoms with Gasteiger partial charge in [0.05, 0.1) is 17.1 Å². The van der Waals surface area contributed by atoms with Crippen molar-refractivity contribution in [1.82, 2.24) is 25.0 Å². The molecular formula is C18H23N7O2. The number of fused-ring (bicyclic) bond motifs is 1. The van der Waals surface area contributed by atoms with Crippen LogP contribution in [0.5, 0.6) is 0 Å². The number of anilines is 2. The van der Waals surface area contributed by atoms with Gasteiger partial charge in [-0.05, 0) is 25.3 Å². The second-order valence-corrected chi connectivity index (χ2v) is 7.09. The molecule has 2 amide bonds. The minimum absolute atomic E-state index is 0.147. The number of amides is 2. The van der Waals surface area contributed by atoms with Gasteiger partial charge in [0.15, 0.2) is 0 Å². The smallest absolute Gasteiger partial charge is 0.324 e. The van der Waals surface area contributed by atoms with E-state index in [4.69, 9.17) is 4.52 Å². The van der Waals surface area contributed by atoms with E-state index in [-0.39, 0.29) is 12.1 Å². The fourth-order valence-electron chi connectivity index (χ4n) is 3.64. The highest BCUT2D eigenvalue weighted by molar-refractivity contribution is 5.89. The van der Waals surface area contributed by atoms with Crippen molar-refractivity contribution in [2.75, 3.05) is 30.4 Å². The number of carbonyl (C=O) groups excluding carboxylic acids is 1. The Balaban J connectivity index is 1.51. The number of piperidine rings is 1. The number of nitrogens with one attached hydrogen (secondary N) is 2. The van der Waals surface area contributed by atoms with Gasteiger partial charge >= 0.3 is 6.03 Å². The van der Waals surface area contributed by atoms with Crippen LogP contribution in [0.1, 0.15) is 19.0 Å². The summed E-state index contributed by atoms with van der Waals surface area (Å²) in [5, 5.41) is 7.56. The summed E-state index contributed by atoms with van der Waals surface area (Å²) >= 11 is 0. The molecule has 2 atom stereocenters.